The Hall–Kier alpha value is -3.40. The summed E-state index contributed by atoms with van der Waals surface area (Å²) < 4.78 is 5.78. The van der Waals surface area contributed by atoms with E-state index in [1.165, 1.54) is 0 Å². The van der Waals surface area contributed by atoms with Crippen LogP contribution in [0.15, 0.2) is 78.9 Å². The van der Waals surface area contributed by atoms with Crippen molar-refractivity contribution in [3.8, 4) is 11.5 Å². The number of ketones is 1. The van der Waals surface area contributed by atoms with Gasteiger partial charge in [0.1, 0.15) is 11.5 Å². The van der Waals surface area contributed by atoms with Gasteiger partial charge in [-0.25, -0.2) is 0 Å². The molecular formula is C23H19NO3. The third kappa shape index (κ3) is 3.34. The number of anilines is 1. The fourth-order valence-corrected chi connectivity index (χ4v) is 3.37. The van der Waals surface area contributed by atoms with E-state index in [9.17, 15) is 9.59 Å². The van der Waals surface area contributed by atoms with Crippen molar-refractivity contribution in [1.29, 1.82) is 0 Å². The van der Waals surface area contributed by atoms with Gasteiger partial charge >= 0.3 is 0 Å². The minimum Gasteiger partial charge on any atom is -0.457 e. The van der Waals surface area contributed by atoms with Gasteiger partial charge in [0, 0.05) is 23.6 Å². The number of carbonyl (C=O) groups excluding carboxylic acids is 2. The maximum absolute atomic E-state index is 13.1. The molecule has 0 saturated carbocycles. The average molecular weight is 357 g/mol. The Balaban J connectivity index is 1.59. The summed E-state index contributed by atoms with van der Waals surface area (Å²) in [6, 6.07) is 23.7. The zero-order chi connectivity index (χ0) is 18.8. The molecule has 3 aromatic rings. The summed E-state index contributed by atoms with van der Waals surface area (Å²) in [5.41, 5.74) is 1.84. The maximum Gasteiger partial charge on any atom is 0.258 e. The van der Waals surface area contributed by atoms with Crippen LogP contribution in [-0.2, 0) is 0 Å². The Labute approximate surface area is 158 Å². The highest BCUT2D eigenvalue weighted by Crippen LogP contribution is 2.32. The van der Waals surface area contributed by atoms with E-state index in [1.54, 1.807) is 35.2 Å². The van der Waals surface area contributed by atoms with E-state index in [0.717, 1.165) is 5.75 Å². The fraction of sp³-hybridized carbons (Fsp3) is 0.130. The molecule has 1 atom stereocenters. The number of amides is 1. The van der Waals surface area contributed by atoms with Crippen LogP contribution in [0.5, 0.6) is 11.5 Å². The molecule has 0 aliphatic carbocycles. The Bertz CT molecular complexity index is 980. The average Bonchev–Trinajstić information content (AvgIpc) is 2.69. The Morgan fingerprint density at radius 3 is 2.26 bits per heavy atom. The van der Waals surface area contributed by atoms with Crippen molar-refractivity contribution in [3.63, 3.8) is 0 Å². The van der Waals surface area contributed by atoms with E-state index < -0.39 is 0 Å². The Morgan fingerprint density at radius 2 is 1.52 bits per heavy atom. The highest BCUT2D eigenvalue weighted by atomic mass is 16.5. The monoisotopic (exact) mass is 357 g/mol. The van der Waals surface area contributed by atoms with E-state index in [0.29, 0.717) is 29.0 Å². The lowest BCUT2D eigenvalue weighted by Gasteiger charge is -2.34. The lowest BCUT2D eigenvalue weighted by molar-refractivity contribution is 0.0936. The third-order valence-corrected chi connectivity index (χ3v) is 4.68. The molecule has 27 heavy (non-hydrogen) atoms. The van der Waals surface area contributed by atoms with Crippen LogP contribution in [0.1, 0.15) is 34.1 Å². The van der Waals surface area contributed by atoms with Crippen LogP contribution in [0.25, 0.3) is 0 Å². The van der Waals surface area contributed by atoms with E-state index in [2.05, 4.69) is 0 Å². The number of Topliss-reactive ketones (excluding diaryl/α,β-unsaturated/α-hetero) is 1. The van der Waals surface area contributed by atoms with Crippen LogP contribution in [0.4, 0.5) is 5.69 Å². The Kier molecular flexibility index (Phi) is 4.47. The molecule has 0 fully saturated rings. The topological polar surface area (TPSA) is 46.6 Å². The van der Waals surface area contributed by atoms with Gasteiger partial charge in [0.2, 0.25) is 0 Å². The molecule has 1 heterocycles. The minimum atomic E-state index is -0.180. The molecule has 1 unspecified atom stereocenters. The number of carbonyl (C=O) groups is 2. The van der Waals surface area contributed by atoms with Gasteiger partial charge in [-0.3, -0.25) is 9.59 Å². The number of ether oxygens (including phenoxy) is 1. The number of para-hydroxylation sites is 2. The van der Waals surface area contributed by atoms with Crippen LogP contribution in [0.3, 0.4) is 0 Å². The fourth-order valence-electron chi connectivity index (χ4n) is 3.37. The number of fused-ring (bicyclic) bond motifs is 1. The van der Waals surface area contributed by atoms with E-state index in [4.69, 9.17) is 4.74 Å². The number of benzene rings is 3. The van der Waals surface area contributed by atoms with Crippen molar-refractivity contribution in [2.75, 3.05) is 4.90 Å². The van der Waals surface area contributed by atoms with Gasteiger partial charge in [0.15, 0.2) is 5.78 Å². The molecule has 0 aromatic heterocycles. The molecule has 4 rings (SSSR count). The van der Waals surface area contributed by atoms with Crippen LogP contribution >= 0.6 is 0 Å². The lowest BCUT2D eigenvalue weighted by atomic mass is 9.94. The standard InChI is InChI=1S/C23H19NO3/c1-16-15-22(25)20-9-5-6-10-21(20)24(16)23(26)17-11-13-19(14-12-17)27-18-7-3-2-4-8-18/h2-14,16H,15H2,1H3. The molecule has 4 heteroatoms. The van der Waals surface area contributed by atoms with Gasteiger partial charge in [-0.05, 0) is 55.5 Å². The van der Waals surface area contributed by atoms with Crippen molar-refractivity contribution in [2.45, 2.75) is 19.4 Å². The number of rotatable bonds is 3. The second-order valence-corrected chi connectivity index (χ2v) is 6.61. The minimum absolute atomic E-state index is 0.0776. The van der Waals surface area contributed by atoms with E-state index in [1.807, 2.05) is 55.5 Å². The predicted molar refractivity (Wildman–Crippen MR) is 105 cm³/mol. The first kappa shape index (κ1) is 17.0. The molecule has 0 N–H and O–H groups in total. The highest BCUT2D eigenvalue weighted by molar-refractivity contribution is 6.13. The first-order valence-electron chi connectivity index (χ1n) is 8.92. The molecule has 1 aliphatic heterocycles. The molecule has 1 aliphatic rings. The first-order chi connectivity index (χ1) is 13.1. The van der Waals surface area contributed by atoms with Gasteiger partial charge in [0.25, 0.3) is 5.91 Å². The molecule has 0 spiro atoms. The van der Waals surface area contributed by atoms with Crippen molar-refractivity contribution in [2.24, 2.45) is 0 Å². The molecule has 1 amide bonds. The summed E-state index contributed by atoms with van der Waals surface area (Å²) in [5.74, 6) is 1.37. The Morgan fingerprint density at radius 1 is 0.889 bits per heavy atom. The zero-order valence-electron chi connectivity index (χ0n) is 15.0. The van der Waals surface area contributed by atoms with Crippen molar-refractivity contribution < 1.29 is 14.3 Å². The first-order valence-corrected chi connectivity index (χ1v) is 8.92. The summed E-state index contributed by atoms with van der Waals surface area (Å²) in [6.45, 7) is 1.90. The normalized spacial score (nSPS) is 16.0. The van der Waals surface area contributed by atoms with Crippen LogP contribution < -0.4 is 9.64 Å². The quantitative estimate of drug-likeness (QED) is 0.655. The van der Waals surface area contributed by atoms with Crippen LogP contribution in [0, 0.1) is 0 Å². The lowest BCUT2D eigenvalue weighted by Crippen LogP contribution is -2.43. The van der Waals surface area contributed by atoms with Crippen LogP contribution in [-0.4, -0.2) is 17.7 Å². The van der Waals surface area contributed by atoms with Crippen LogP contribution in [0.2, 0.25) is 0 Å². The van der Waals surface area contributed by atoms with Gasteiger partial charge in [0.05, 0.1) is 5.69 Å². The summed E-state index contributed by atoms with van der Waals surface area (Å²) in [4.78, 5) is 27.1. The number of nitrogens with zero attached hydrogens (tertiary/aromatic N) is 1. The molecule has 4 nitrogen and oxygen atoms in total. The van der Waals surface area contributed by atoms with Gasteiger partial charge in [-0.2, -0.15) is 0 Å². The highest BCUT2D eigenvalue weighted by Gasteiger charge is 2.32. The van der Waals surface area contributed by atoms with Crippen molar-refractivity contribution in [3.05, 3.63) is 90.0 Å². The van der Waals surface area contributed by atoms with Gasteiger partial charge in [-0.1, -0.05) is 30.3 Å². The van der Waals surface area contributed by atoms with Gasteiger partial charge < -0.3 is 9.64 Å². The summed E-state index contributed by atoms with van der Waals surface area (Å²) in [7, 11) is 0. The van der Waals surface area contributed by atoms with Gasteiger partial charge in [-0.15, -0.1) is 0 Å². The summed E-state index contributed by atoms with van der Waals surface area (Å²) in [6.07, 6.45) is 0.331. The maximum atomic E-state index is 13.1. The molecule has 134 valence electrons. The van der Waals surface area contributed by atoms with Crippen molar-refractivity contribution >= 4 is 17.4 Å². The molecule has 3 aromatic carbocycles. The van der Waals surface area contributed by atoms with Crippen molar-refractivity contribution in [1.82, 2.24) is 0 Å². The molecule has 0 radical (unpaired) electrons. The molecular weight excluding hydrogens is 338 g/mol. The number of hydrogen-bond acceptors (Lipinski definition) is 3. The smallest absolute Gasteiger partial charge is 0.258 e. The second kappa shape index (κ2) is 7.08. The predicted octanol–water partition coefficient (Wildman–Crippen LogP) is 5.10. The second-order valence-electron chi connectivity index (χ2n) is 6.61. The summed E-state index contributed by atoms with van der Waals surface area (Å²) >= 11 is 0. The van der Waals surface area contributed by atoms with E-state index in [-0.39, 0.29) is 17.7 Å². The third-order valence-electron chi connectivity index (χ3n) is 4.68. The molecule has 0 saturated heterocycles. The van der Waals surface area contributed by atoms with E-state index >= 15 is 0 Å². The SMILES string of the molecule is CC1CC(=O)c2ccccc2N1C(=O)c1ccc(Oc2ccccc2)cc1. The largest absolute Gasteiger partial charge is 0.457 e. The molecule has 0 bridgehead atoms. The zero-order valence-corrected chi connectivity index (χ0v) is 15.0. The number of hydrogen-bond donors (Lipinski definition) is 0. The summed E-state index contributed by atoms with van der Waals surface area (Å²) in [5, 5.41) is 0.